The Hall–Kier alpha value is -2.96. The van der Waals surface area contributed by atoms with Crippen LogP contribution in [-0.4, -0.2) is 10.8 Å². The SMILES string of the molecule is Nc1ccc(C(=O)NCc2cccc([N+](=O)[O-])c2)c(F)c1. The van der Waals surface area contributed by atoms with Gasteiger partial charge in [0, 0.05) is 24.4 Å². The van der Waals surface area contributed by atoms with E-state index in [1.54, 1.807) is 6.07 Å². The summed E-state index contributed by atoms with van der Waals surface area (Å²) in [6, 6.07) is 9.61. The van der Waals surface area contributed by atoms with Gasteiger partial charge in [0.2, 0.25) is 0 Å². The molecule has 7 heteroatoms. The number of amides is 1. The number of nitrogens with zero attached hydrogens (tertiary/aromatic N) is 1. The number of rotatable bonds is 4. The van der Waals surface area contributed by atoms with Crippen molar-refractivity contribution in [1.29, 1.82) is 0 Å². The Morgan fingerprint density at radius 2 is 2.05 bits per heavy atom. The molecule has 2 aromatic carbocycles. The van der Waals surface area contributed by atoms with Crippen LogP contribution in [0.2, 0.25) is 0 Å². The molecule has 0 aliphatic heterocycles. The van der Waals surface area contributed by atoms with E-state index in [-0.39, 0.29) is 23.5 Å². The maximum absolute atomic E-state index is 13.6. The number of nitro groups is 1. The Kier molecular flexibility index (Phi) is 4.13. The molecule has 0 atom stereocenters. The molecule has 2 rings (SSSR count). The first kappa shape index (κ1) is 14.4. The molecule has 108 valence electrons. The fourth-order valence-electron chi connectivity index (χ4n) is 1.77. The van der Waals surface area contributed by atoms with Gasteiger partial charge in [-0.15, -0.1) is 0 Å². The van der Waals surface area contributed by atoms with Crippen molar-refractivity contribution in [1.82, 2.24) is 5.32 Å². The Morgan fingerprint density at radius 1 is 1.29 bits per heavy atom. The summed E-state index contributed by atoms with van der Waals surface area (Å²) >= 11 is 0. The van der Waals surface area contributed by atoms with Crippen LogP contribution >= 0.6 is 0 Å². The number of nitrogens with two attached hydrogens (primary N) is 1. The molecule has 6 nitrogen and oxygen atoms in total. The second-order valence-electron chi connectivity index (χ2n) is 4.35. The van der Waals surface area contributed by atoms with Crippen molar-refractivity contribution >= 4 is 17.3 Å². The Bertz CT molecular complexity index is 704. The van der Waals surface area contributed by atoms with E-state index in [0.29, 0.717) is 5.56 Å². The predicted octanol–water partition coefficient (Wildman–Crippen LogP) is 2.25. The van der Waals surface area contributed by atoms with Crippen LogP contribution in [-0.2, 0) is 6.54 Å². The average Bonchev–Trinajstić information content (AvgIpc) is 2.45. The molecule has 0 fully saturated rings. The van der Waals surface area contributed by atoms with Gasteiger partial charge >= 0.3 is 0 Å². The van der Waals surface area contributed by atoms with E-state index < -0.39 is 16.6 Å². The number of non-ortho nitro benzene ring substituents is 1. The highest BCUT2D eigenvalue weighted by atomic mass is 19.1. The zero-order chi connectivity index (χ0) is 15.4. The molecule has 0 saturated carbocycles. The molecule has 2 aromatic rings. The van der Waals surface area contributed by atoms with Gasteiger partial charge in [0.05, 0.1) is 10.5 Å². The van der Waals surface area contributed by atoms with Crippen molar-refractivity contribution in [2.24, 2.45) is 0 Å². The Labute approximate surface area is 119 Å². The highest BCUT2D eigenvalue weighted by Gasteiger charge is 2.12. The van der Waals surface area contributed by atoms with Crippen molar-refractivity contribution in [2.45, 2.75) is 6.54 Å². The van der Waals surface area contributed by atoms with Crippen molar-refractivity contribution < 1.29 is 14.1 Å². The van der Waals surface area contributed by atoms with E-state index in [9.17, 15) is 19.3 Å². The number of halogens is 1. The smallest absolute Gasteiger partial charge is 0.269 e. The molecule has 21 heavy (non-hydrogen) atoms. The van der Waals surface area contributed by atoms with Crippen molar-refractivity contribution in [3.8, 4) is 0 Å². The second kappa shape index (κ2) is 6.00. The van der Waals surface area contributed by atoms with Crippen molar-refractivity contribution in [3.63, 3.8) is 0 Å². The third-order valence-electron chi connectivity index (χ3n) is 2.81. The molecule has 0 aromatic heterocycles. The normalized spacial score (nSPS) is 10.1. The molecule has 0 unspecified atom stereocenters. The fourth-order valence-corrected chi connectivity index (χ4v) is 1.77. The standard InChI is InChI=1S/C14H12FN3O3/c15-13-7-10(16)4-5-12(13)14(19)17-8-9-2-1-3-11(6-9)18(20)21/h1-7H,8,16H2,(H,17,19). The largest absolute Gasteiger partial charge is 0.399 e. The summed E-state index contributed by atoms with van der Waals surface area (Å²) in [5, 5.41) is 13.1. The van der Waals surface area contributed by atoms with E-state index >= 15 is 0 Å². The lowest BCUT2D eigenvalue weighted by atomic mass is 10.1. The molecule has 0 heterocycles. The summed E-state index contributed by atoms with van der Waals surface area (Å²) in [5.41, 5.74) is 5.98. The minimum absolute atomic E-state index is 0.0599. The number of carbonyl (C=O) groups excluding carboxylic acids is 1. The minimum atomic E-state index is -0.716. The van der Waals surface area contributed by atoms with Gasteiger partial charge in [0.1, 0.15) is 5.82 Å². The van der Waals surface area contributed by atoms with E-state index in [0.717, 1.165) is 6.07 Å². The lowest BCUT2D eigenvalue weighted by Crippen LogP contribution is -2.23. The third kappa shape index (κ3) is 3.53. The molecule has 0 bridgehead atoms. The van der Waals surface area contributed by atoms with Gasteiger partial charge in [-0.1, -0.05) is 12.1 Å². The molecule has 0 saturated heterocycles. The molecule has 3 N–H and O–H groups in total. The Morgan fingerprint density at radius 3 is 2.71 bits per heavy atom. The number of nitro benzene ring substituents is 1. The first-order chi connectivity index (χ1) is 9.97. The number of nitrogens with one attached hydrogen (secondary N) is 1. The van der Waals surface area contributed by atoms with Crippen LogP contribution in [0.3, 0.4) is 0 Å². The van der Waals surface area contributed by atoms with Gasteiger partial charge in [-0.2, -0.15) is 0 Å². The molecule has 0 spiro atoms. The molecule has 0 aliphatic rings. The molecule has 1 amide bonds. The number of carbonyl (C=O) groups is 1. The van der Waals surface area contributed by atoms with Crippen LogP contribution in [0.25, 0.3) is 0 Å². The van der Waals surface area contributed by atoms with E-state index in [2.05, 4.69) is 5.32 Å². The van der Waals surface area contributed by atoms with E-state index in [1.807, 2.05) is 0 Å². The van der Waals surface area contributed by atoms with Gasteiger partial charge in [-0.05, 0) is 23.8 Å². The third-order valence-corrected chi connectivity index (χ3v) is 2.81. The number of benzene rings is 2. The average molecular weight is 289 g/mol. The quantitative estimate of drug-likeness (QED) is 0.512. The highest BCUT2D eigenvalue weighted by molar-refractivity contribution is 5.94. The molecule has 0 aliphatic carbocycles. The predicted molar refractivity (Wildman–Crippen MR) is 75.1 cm³/mol. The summed E-state index contributed by atoms with van der Waals surface area (Å²) in [7, 11) is 0. The topological polar surface area (TPSA) is 98.3 Å². The summed E-state index contributed by atoms with van der Waals surface area (Å²) in [5.74, 6) is -1.33. The van der Waals surface area contributed by atoms with Crippen molar-refractivity contribution in [3.05, 3.63) is 69.5 Å². The Balaban J connectivity index is 2.07. The fraction of sp³-hybridized carbons (Fsp3) is 0.0714. The second-order valence-corrected chi connectivity index (χ2v) is 4.35. The van der Waals surface area contributed by atoms with Gasteiger partial charge in [-0.25, -0.2) is 4.39 Å². The first-order valence-electron chi connectivity index (χ1n) is 6.04. The number of hydrogen-bond donors (Lipinski definition) is 2. The highest BCUT2D eigenvalue weighted by Crippen LogP contribution is 2.14. The number of nitrogen functional groups attached to an aromatic ring is 1. The van der Waals surface area contributed by atoms with Gasteiger partial charge < -0.3 is 11.1 Å². The zero-order valence-electron chi connectivity index (χ0n) is 10.9. The lowest BCUT2D eigenvalue weighted by molar-refractivity contribution is -0.384. The summed E-state index contributed by atoms with van der Waals surface area (Å²) < 4.78 is 13.6. The van der Waals surface area contributed by atoms with Gasteiger partial charge in [0.15, 0.2) is 0 Å². The summed E-state index contributed by atoms with van der Waals surface area (Å²) in [6.45, 7) is 0.0599. The molecule has 0 radical (unpaired) electrons. The number of anilines is 1. The van der Waals surface area contributed by atoms with Crippen LogP contribution in [0.4, 0.5) is 15.8 Å². The van der Waals surface area contributed by atoms with Crippen LogP contribution in [0.5, 0.6) is 0 Å². The molecular formula is C14H12FN3O3. The lowest BCUT2D eigenvalue weighted by Gasteiger charge is -2.07. The van der Waals surface area contributed by atoms with Gasteiger partial charge in [0.25, 0.3) is 11.6 Å². The number of hydrogen-bond acceptors (Lipinski definition) is 4. The molecular weight excluding hydrogens is 277 g/mol. The maximum atomic E-state index is 13.6. The maximum Gasteiger partial charge on any atom is 0.269 e. The zero-order valence-corrected chi connectivity index (χ0v) is 10.9. The van der Waals surface area contributed by atoms with E-state index in [1.165, 1.54) is 30.3 Å². The van der Waals surface area contributed by atoms with Crippen LogP contribution in [0.1, 0.15) is 15.9 Å². The van der Waals surface area contributed by atoms with Crippen LogP contribution < -0.4 is 11.1 Å². The monoisotopic (exact) mass is 289 g/mol. The summed E-state index contributed by atoms with van der Waals surface area (Å²) in [6.07, 6.45) is 0. The van der Waals surface area contributed by atoms with E-state index in [4.69, 9.17) is 5.73 Å². The van der Waals surface area contributed by atoms with Crippen LogP contribution in [0.15, 0.2) is 42.5 Å². The minimum Gasteiger partial charge on any atom is -0.399 e. The van der Waals surface area contributed by atoms with Crippen LogP contribution in [0, 0.1) is 15.9 Å². The first-order valence-corrected chi connectivity index (χ1v) is 6.04. The van der Waals surface area contributed by atoms with Gasteiger partial charge in [-0.3, -0.25) is 14.9 Å². The summed E-state index contributed by atoms with van der Waals surface area (Å²) in [4.78, 5) is 22.0. The van der Waals surface area contributed by atoms with Crippen molar-refractivity contribution in [2.75, 3.05) is 5.73 Å².